The van der Waals surface area contributed by atoms with Crippen LogP contribution in [0.15, 0.2) is 0 Å². The van der Waals surface area contributed by atoms with Gasteiger partial charge >= 0.3 is 12.4 Å². The summed E-state index contributed by atoms with van der Waals surface area (Å²) in [5.41, 5.74) is -6.83. The van der Waals surface area contributed by atoms with E-state index in [0.717, 1.165) is 0 Å². The lowest BCUT2D eigenvalue weighted by Gasteiger charge is -2.19. The minimum Gasteiger partial charge on any atom is -0.206 e. The molecule has 0 aliphatic heterocycles. The molecule has 102 valence electrons. The molecule has 0 atom stereocenters. The van der Waals surface area contributed by atoms with E-state index in [1.807, 2.05) is 0 Å². The molecule has 0 bridgehead atoms. The van der Waals surface area contributed by atoms with Crippen molar-refractivity contribution in [3.63, 3.8) is 0 Å². The van der Waals surface area contributed by atoms with Crippen molar-refractivity contribution in [3.8, 4) is 0 Å². The summed E-state index contributed by atoms with van der Waals surface area (Å²) in [4.78, 5) is 0. The summed E-state index contributed by atoms with van der Waals surface area (Å²) >= 11 is 0. The van der Waals surface area contributed by atoms with Crippen molar-refractivity contribution in [2.75, 3.05) is 0 Å². The van der Waals surface area contributed by atoms with Crippen LogP contribution in [0, 0.1) is 25.5 Å². The third-order valence-electron chi connectivity index (χ3n) is 2.41. The third-order valence-corrected chi connectivity index (χ3v) is 2.41. The van der Waals surface area contributed by atoms with Crippen molar-refractivity contribution in [2.45, 2.75) is 26.2 Å². The van der Waals surface area contributed by atoms with E-state index in [2.05, 4.69) is 0 Å². The number of benzene rings is 1. The van der Waals surface area contributed by atoms with E-state index in [-0.39, 0.29) is 0 Å². The minimum absolute atomic E-state index is 0.454. The van der Waals surface area contributed by atoms with Crippen LogP contribution >= 0.6 is 0 Å². The quantitative estimate of drug-likeness (QED) is 0.607. The molecule has 0 aliphatic rings. The topological polar surface area (TPSA) is 0 Å². The van der Waals surface area contributed by atoms with Crippen molar-refractivity contribution in [1.82, 2.24) is 0 Å². The number of rotatable bonds is 0. The average molecular weight is 278 g/mol. The van der Waals surface area contributed by atoms with Crippen LogP contribution in [0.3, 0.4) is 0 Å². The highest BCUT2D eigenvalue weighted by Crippen LogP contribution is 2.42. The van der Waals surface area contributed by atoms with Crippen LogP contribution in [0.25, 0.3) is 0 Å². The standard InChI is InChI=1S/C10H6F8/c1-3-5(9(13,14)15)8(12)4(2)6(7(3)11)10(16,17)18/h1-2H3. The van der Waals surface area contributed by atoms with Crippen LogP contribution in [0.5, 0.6) is 0 Å². The molecule has 0 saturated heterocycles. The summed E-state index contributed by atoms with van der Waals surface area (Å²) in [7, 11) is 0. The molecular formula is C10H6F8. The lowest BCUT2D eigenvalue weighted by Crippen LogP contribution is -2.20. The SMILES string of the molecule is Cc1c(F)c(C(F)(F)F)c(C)c(F)c1C(F)(F)F. The molecule has 0 spiro atoms. The molecule has 0 unspecified atom stereocenters. The van der Waals surface area contributed by atoms with E-state index in [0.29, 0.717) is 13.8 Å². The summed E-state index contributed by atoms with van der Waals surface area (Å²) < 4.78 is 101. The maximum Gasteiger partial charge on any atom is 0.419 e. The predicted octanol–water partition coefficient (Wildman–Crippen LogP) is 4.62. The first kappa shape index (κ1) is 14.7. The van der Waals surface area contributed by atoms with Gasteiger partial charge in [-0.15, -0.1) is 0 Å². The highest BCUT2D eigenvalue weighted by molar-refractivity contribution is 5.43. The van der Waals surface area contributed by atoms with Gasteiger partial charge in [0.2, 0.25) is 0 Å². The van der Waals surface area contributed by atoms with Crippen molar-refractivity contribution < 1.29 is 35.1 Å². The minimum atomic E-state index is -5.26. The average Bonchev–Trinajstić information content (AvgIpc) is 2.10. The summed E-state index contributed by atoms with van der Waals surface area (Å²) in [5.74, 6) is -4.21. The molecule has 1 aromatic carbocycles. The second-order valence-corrected chi connectivity index (χ2v) is 3.62. The Bertz CT molecular complexity index is 406. The molecular weight excluding hydrogens is 272 g/mol. The zero-order valence-electron chi connectivity index (χ0n) is 9.02. The van der Waals surface area contributed by atoms with E-state index in [1.165, 1.54) is 0 Å². The summed E-state index contributed by atoms with van der Waals surface area (Å²) in [5, 5.41) is 0. The van der Waals surface area contributed by atoms with Crippen LogP contribution in [-0.2, 0) is 12.4 Å². The van der Waals surface area contributed by atoms with E-state index in [1.54, 1.807) is 0 Å². The molecule has 0 saturated carbocycles. The van der Waals surface area contributed by atoms with Crippen LogP contribution in [0.1, 0.15) is 22.3 Å². The first-order valence-corrected chi connectivity index (χ1v) is 4.51. The first-order valence-electron chi connectivity index (χ1n) is 4.51. The molecule has 8 heteroatoms. The second kappa shape index (κ2) is 4.10. The Labute approximate surface area is 96.2 Å². The third kappa shape index (κ3) is 2.28. The molecule has 0 nitrogen and oxygen atoms in total. The summed E-state index contributed by atoms with van der Waals surface area (Å²) in [6.45, 7) is 0.909. The maximum absolute atomic E-state index is 13.3. The van der Waals surface area contributed by atoms with Gasteiger partial charge in [-0.25, -0.2) is 8.78 Å². The van der Waals surface area contributed by atoms with Crippen LogP contribution in [0.2, 0.25) is 0 Å². The number of alkyl halides is 6. The van der Waals surface area contributed by atoms with Gasteiger partial charge in [-0.3, -0.25) is 0 Å². The zero-order chi connectivity index (χ0) is 14.5. The van der Waals surface area contributed by atoms with Gasteiger partial charge in [0.1, 0.15) is 11.6 Å². The Balaban J connectivity index is 3.79. The highest BCUT2D eigenvalue weighted by atomic mass is 19.4. The Morgan fingerprint density at radius 1 is 0.611 bits per heavy atom. The second-order valence-electron chi connectivity index (χ2n) is 3.62. The fourth-order valence-electron chi connectivity index (χ4n) is 1.60. The fraction of sp³-hybridized carbons (Fsp3) is 0.400. The molecule has 0 amide bonds. The molecule has 1 aromatic rings. The van der Waals surface area contributed by atoms with Crippen molar-refractivity contribution in [3.05, 3.63) is 33.9 Å². The Hall–Kier alpha value is -1.34. The van der Waals surface area contributed by atoms with Gasteiger partial charge < -0.3 is 0 Å². The van der Waals surface area contributed by atoms with E-state index in [4.69, 9.17) is 0 Å². The van der Waals surface area contributed by atoms with E-state index in [9.17, 15) is 35.1 Å². The van der Waals surface area contributed by atoms with Gasteiger partial charge in [-0.05, 0) is 13.8 Å². The molecule has 0 aromatic heterocycles. The van der Waals surface area contributed by atoms with Crippen molar-refractivity contribution >= 4 is 0 Å². The van der Waals surface area contributed by atoms with Gasteiger partial charge in [0.15, 0.2) is 0 Å². The van der Waals surface area contributed by atoms with Crippen molar-refractivity contribution in [2.24, 2.45) is 0 Å². The van der Waals surface area contributed by atoms with Gasteiger partial charge in [-0.2, -0.15) is 26.3 Å². The highest BCUT2D eigenvalue weighted by Gasteiger charge is 2.44. The van der Waals surface area contributed by atoms with Gasteiger partial charge in [0.05, 0.1) is 11.1 Å². The first-order chi connectivity index (χ1) is 7.89. The van der Waals surface area contributed by atoms with E-state index >= 15 is 0 Å². The van der Waals surface area contributed by atoms with Crippen LogP contribution in [-0.4, -0.2) is 0 Å². The molecule has 0 heterocycles. The predicted molar refractivity (Wildman–Crippen MR) is 45.8 cm³/mol. The summed E-state index contributed by atoms with van der Waals surface area (Å²) in [6.07, 6.45) is -10.5. The lowest BCUT2D eigenvalue weighted by molar-refractivity contribution is -0.146. The molecule has 18 heavy (non-hydrogen) atoms. The zero-order valence-corrected chi connectivity index (χ0v) is 9.02. The summed E-state index contributed by atoms with van der Waals surface area (Å²) in [6, 6.07) is 0. The molecule has 0 aliphatic carbocycles. The molecule has 0 N–H and O–H groups in total. The Morgan fingerprint density at radius 3 is 1.00 bits per heavy atom. The van der Waals surface area contributed by atoms with Gasteiger partial charge in [-0.1, -0.05) is 0 Å². The van der Waals surface area contributed by atoms with Crippen molar-refractivity contribution in [1.29, 1.82) is 0 Å². The Kier molecular flexibility index (Phi) is 3.35. The van der Waals surface area contributed by atoms with Crippen LogP contribution in [0.4, 0.5) is 35.1 Å². The smallest absolute Gasteiger partial charge is 0.206 e. The normalized spacial score (nSPS) is 13.0. The largest absolute Gasteiger partial charge is 0.419 e. The Morgan fingerprint density at radius 2 is 0.833 bits per heavy atom. The van der Waals surface area contributed by atoms with Gasteiger partial charge in [0, 0.05) is 11.1 Å². The fourth-order valence-corrected chi connectivity index (χ4v) is 1.60. The number of hydrogen-bond acceptors (Lipinski definition) is 0. The lowest BCUT2D eigenvalue weighted by atomic mass is 9.97. The molecule has 0 fully saturated rings. The van der Waals surface area contributed by atoms with Crippen LogP contribution < -0.4 is 0 Å². The molecule has 0 radical (unpaired) electrons. The monoisotopic (exact) mass is 278 g/mol. The van der Waals surface area contributed by atoms with E-state index < -0.39 is 46.2 Å². The number of hydrogen-bond donors (Lipinski definition) is 0. The maximum atomic E-state index is 13.3. The number of halogens is 8. The molecule has 1 rings (SSSR count). The van der Waals surface area contributed by atoms with Gasteiger partial charge in [0.25, 0.3) is 0 Å².